The first-order valence-electron chi connectivity index (χ1n) is 9.13. The largest absolute Gasteiger partial charge is 0.332 e. The lowest BCUT2D eigenvalue weighted by Crippen LogP contribution is -2.38. The Balaban J connectivity index is 1.73. The van der Waals surface area contributed by atoms with E-state index in [0.29, 0.717) is 0 Å². The zero-order valence-electron chi connectivity index (χ0n) is 17.1. The van der Waals surface area contributed by atoms with Crippen molar-refractivity contribution in [3.05, 3.63) is 62.6 Å². The summed E-state index contributed by atoms with van der Waals surface area (Å²) in [6, 6.07) is 7.93. The highest BCUT2D eigenvalue weighted by Gasteiger charge is 2.16. The summed E-state index contributed by atoms with van der Waals surface area (Å²) in [5.74, 6) is -0.414. The number of imidazole rings is 1. The lowest BCUT2D eigenvalue weighted by atomic mass is 9.87. The fourth-order valence-corrected chi connectivity index (χ4v) is 2.95. The monoisotopic (exact) mass is 396 g/mol. The Morgan fingerprint density at radius 2 is 1.79 bits per heavy atom. The SMILES string of the molecule is Cn1c(=O)c2c(ncn2CC(=O)N/N=C/c2ccc(C(C)(C)C)cc2)n(C)c1=O. The van der Waals surface area contributed by atoms with Gasteiger partial charge in [0.25, 0.3) is 11.5 Å². The number of nitrogens with one attached hydrogen (secondary N) is 1. The van der Waals surface area contributed by atoms with Crippen molar-refractivity contribution in [2.45, 2.75) is 32.7 Å². The van der Waals surface area contributed by atoms with Crippen molar-refractivity contribution in [1.29, 1.82) is 0 Å². The zero-order chi connectivity index (χ0) is 21.3. The Kier molecular flexibility index (Phi) is 5.23. The molecule has 0 bridgehead atoms. The van der Waals surface area contributed by atoms with Gasteiger partial charge >= 0.3 is 5.69 Å². The molecule has 0 aliphatic carbocycles. The molecule has 0 aliphatic rings. The fourth-order valence-electron chi connectivity index (χ4n) is 2.95. The predicted molar refractivity (Wildman–Crippen MR) is 111 cm³/mol. The summed E-state index contributed by atoms with van der Waals surface area (Å²) in [5, 5.41) is 3.97. The number of rotatable bonds is 4. The van der Waals surface area contributed by atoms with Crippen LogP contribution in [0.3, 0.4) is 0 Å². The Morgan fingerprint density at radius 1 is 1.14 bits per heavy atom. The first kappa shape index (κ1) is 20.2. The smallest absolute Gasteiger partial charge is 0.315 e. The molecule has 0 atom stereocenters. The number of nitrogens with zero attached hydrogens (tertiary/aromatic N) is 5. The number of hydrogen-bond donors (Lipinski definition) is 1. The van der Waals surface area contributed by atoms with E-state index < -0.39 is 17.2 Å². The predicted octanol–water partition coefficient (Wildman–Crippen LogP) is 0.881. The molecule has 152 valence electrons. The normalized spacial score (nSPS) is 12.0. The first-order chi connectivity index (χ1) is 13.6. The third-order valence-corrected chi connectivity index (χ3v) is 4.71. The molecule has 2 heterocycles. The summed E-state index contributed by atoms with van der Waals surface area (Å²) in [4.78, 5) is 40.7. The van der Waals surface area contributed by atoms with Gasteiger partial charge in [0.05, 0.1) is 12.5 Å². The average Bonchev–Trinajstić information content (AvgIpc) is 3.08. The van der Waals surface area contributed by atoms with Crippen molar-refractivity contribution in [3.8, 4) is 0 Å². The quantitative estimate of drug-likeness (QED) is 0.522. The van der Waals surface area contributed by atoms with Crippen molar-refractivity contribution in [1.82, 2.24) is 24.1 Å². The molecule has 0 radical (unpaired) electrons. The molecule has 3 aromatic rings. The van der Waals surface area contributed by atoms with Crippen LogP contribution in [-0.2, 0) is 30.8 Å². The number of hydrogen-bond acceptors (Lipinski definition) is 5. The number of hydrazone groups is 1. The van der Waals surface area contributed by atoms with Gasteiger partial charge in [-0.05, 0) is 16.5 Å². The minimum absolute atomic E-state index is 0.0675. The number of fused-ring (bicyclic) bond motifs is 1. The highest BCUT2D eigenvalue weighted by atomic mass is 16.2. The van der Waals surface area contributed by atoms with Gasteiger partial charge in [-0.3, -0.25) is 18.7 Å². The van der Waals surface area contributed by atoms with Gasteiger partial charge in [-0.25, -0.2) is 15.2 Å². The third-order valence-electron chi connectivity index (χ3n) is 4.71. The van der Waals surface area contributed by atoms with Crippen molar-refractivity contribution in [2.24, 2.45) is 19.2 Å². The summed E-state index contributed by atoms with van der Waals surface area (Å²) in [6.07, 6.45) is 2.92. The standard InChI is InChI=1S/C20H24N6O3/c1-20(2,3)14-8-6-13(7-9-14)10-22-23-15(27)11-26-12-21-17-16(26)18(28)25(5)19(29)24(17)4/h6-10,12H,11H2,1-5H3,(H,23,27)/b22-10+. The molecular formula is C20H24N6O3. The van der Waals surface area contributed by atoms with Gasteiger partial charge in [-0.15, -0.1) is 0 Å². The summed E-state index contributed by atoms with van der Waals surface area (Å²) < 4.78 is 3.66. The van der Waals surface area contributed by atoms with E-state index in [0.717, 1.165) is 10.1 Å². The molecule has 1 N–H and O–H groups in total. The van der Waals surface area contributed by atoms with Crippen LogP contribution in [0.25, 0.3) is 11.2 Å². The van der Waals surface area contributed by atoms with Crippen LogP contribution in [0.2, 0.25) is 0 Å². The van der Waals surface area contributed by atoms with Crippen LogP contribution in [0.4, 0.5) is 0 Å². The molecular weight excluding hydrogens is 372 g/mol. The minimum atomic E-state index is -0.504. The van der Waals surface area contributed by atoms with Gasteiger partial charge in [0.15, 0.2) is 11.2 Å². The van der Waals surface area contributed by atoms with E-state index >= 15 is 0 Å². The topological polar surface area (TPSA) is 103 Å². The van der Waals surface area contributed by atoms with Gasteiger partial charge in [0.1, 0.15) is 6.54 Å². The average molecular weight is 396 g/mol. The first-order valence-corrected chi connectivity index (χ1v) is 9.13. The van der Waals surface area contributed by atoms with Gasteiger partial charge < -0.3 is 4.57 Å². The van der Waals surface area contributed by atoms with Crippen LogP contribution in [0.5, 0.6) is 0 Å². The molecule has 9 heteroatoms. The summed E-state index contributed by atoms with van der Waals surface area (Å²) in [5.41, 5.74) is 4.02. The van der Waals surface area contributed by atoms with E-state index in [2.05, 4.69) is 36.3 Å². The lowest BCUT2D eigenvalue weighted by molar-refractivity contribution is -0.121. The fraction of sp³-hybridized carbons (Fsp3) is 0.350. The summed E-state index contributed by atoms with van der Waals surface area (Å²) in [7, 11) is 2.91. The van der Waals surface area contributed by atoms with Crippen molar-refractivity contribution < 1.29 is 4.79 Å². The number of aryl methyl sites for hydroxylation is 1. The maximum absolute atomic E-state index is 12.4. The van der Waals surface area contributed by atoms with Gasteiger partial charge in [0, 0.05) is 14.1 Å². The van der Waals surface area contributed by atoms with Gasteiger partial charge in [-0.1, -0.05) is 45.0 Å². The van der Waals surface area contributed by atoms with Crippen LogP contribution in [-0.4, -0.2) is 30.8 Å². The molecule has 1 aromatic carbocycles. The van der Waals surface area contributed by atoms with E-state index in [1.54, 1.807) is 6.21 Å². The second-order valence-electron chi connectivity index (χ2n) is 7.92. The number of carbonyl (C=O) groups is 1. The molecule has 2 aromatic heterocycles. The lowest BCUT2D eigenvalue weighted by Gasteiger charge is -2.18. The van der Waals surface area contributed by atoms with E-state index in [9.17, 15) is 14.4 Å². The Labute approximate surface area is 167 Å². The molecule has 9 nitrogen and oxygen atoms in total. The third kappa shape index (κ3) is 4.03. The minimum Gasteiger partial charge on any atom is -0.315 e. The Bertz CT molecular complexity index is 1210. The van der Waals surface area contributed by atoms with Crippen LogP contribution in [0, 0.1) is 0 Å². The Morgan fingerprint density at radius 3 is 2.41 bits per heavy atom. The van der Waals surface area contributed by atoms with Crippen LogP contribution < -0.4 is 16.7 Å². The van der Waals surface area contributed by atoms with E-state index in [-0.39, 0.29) is 23.1 Å². The molecule has 0 aliphatic heterocycles. The second-order valence-corrected chi connectivity index (χ2v) is 7.92. The van der Waals surface area contributed by atoms with Crippen molar-refractivity contribution >= 4 is 23.3 Å². The molecule has 29 heavy (non-hydrogen) atoms. The van der Waals surface area contributed by atoms with Gasteiger partial charge in [-0.2, -0.15) is 5.10 Å². The maximum atomic E-state index is 12.4. The number of amides is 1. The highest BCUT2D eigenvalue weighted by molar-refractivity contribution is 5.83. The van der Waals surface area contributed by atoms with E-state index in [1.165, 1.54) is 35.1 Å². The van der Waals surface area contributed by atoms with Crippen LogP contribution >= 0.6 is 0 Å². The van der Waals surface area contributed by atoms with Crippen molar-refractivity contribution in [2.75, 3.05) is 0 Å². The summed E-state index contributed by atoms with van der Waals surface area (Å²) >= 11 is 0. The molecule has 0 saturated carbocycles. The zero-order valence-corrected chi connectivity index (χ0v) is 17.1. The second kappa shape index (κ2) is 7.50. The van der Waals surface area contributed by atoms with Crippen LogP contribution in [0.15, 0.2) is 45.3 Å². The van der Waals surface area contributed by atoms with E-state index in [4.69, 9.17) is 0 Å². The number of benzene rings is 1. The number of aromatic nitrogens is 4. The van der Waals surface area contributed by atoms with Crippen LogP contribution in [0.1, 0.15) is 31.9 Å². The van der Waals surface area contributed by atoms with Gasteiger partial charge in [0.2, 0.25) is 0 Å². The van der Waals surface area contributed by atoms with E-state index in [1.807, 2.05) is 24.3 Å². The highest BCUT2D eigenvalue weighted by Crippen LogP contribution is 2.21. The Hall–Kier alpha value is -3.49. The maximum Gasteiger partial charge on any atom is 0.332 e. The number of carbonyl (C=O) groups excluding carboxylic acids is 1. The molecule has 0 fully saturated rings. The molecule has 3 rings (SSSR count). The van der Waals surface area contributed by atoms with Crippen molar-refractivity contribution in [3.63, 3.8) is 0 Å². The molecule has 0 spiro atoms. The molecule has 0 saturated heterocycles. The summed E-state index contributed by atoms with van der Waals surface area (Å²) in [6.45, 7) is 6.27. The molecule has 1 amide bonds. The molecule has 0 unspecified atom stereocenters.